The van der Waals surface area contributed by atoms with E-state index in [2.05, 4.69) is 0 Å². The molecular weight excluding hydrogens is 493 g/mol. The van der Waals surface area contributed by atoms with E-state index < -0.39 is 27.8 Å². The third-order valence-electron chi connectivity index (χ3n) is 5.13. The largest absolute Gasteiger partial charge is 0.422 e. The normalized spacial score (nSPS) is 12.4. The molecule has 1 heterocycles. The first-order valence-electron chi connectivity index (χ1n) is 9.78. The number of rotatable bonds is 5. The van der Waals surface area contributed by atoms with Crippen LogP contribution >= 0.6 is 11.6 Å². The summed E-state index contributed by atoms with van der Waals surface area (Å²) in [5, 5.41) is 0.653. The molecule has 0 aliphatic carbocycles. The van der Waals surface area contributed by atoms with Crippen LogP contribution in [0.1, 0.15) is 22.7 Å². The number of hydrogen-bond donors (Lipinski definition) is 1. The SMILES string of the molecule is Cc1c(C(N)c2cccc(S(=O)(=O)N(C)C)c2)c(=O)oc2cc(OC(=O)N(C)C)c(Cl)cc12.[Na]. The summed E-state index contributed by atoms with van der Waals surface area (Å²) < 4.78 is 36.8. The van der Waals surface area contributed by atoms with Crippen LogP contribution in [0.4, 0.5) is 4.79 Å². The Bertz CT molecular complexity index is 1410. The number of benzene rings is 2. The molecule has 0 aliphatic rings. The molecule has 0 spiro atoms. The van der Waals surface area contributed by atoms with Gasteiger partial charge in [0.2, 0.25) is 10.0 Å². The molecular formula is C22H24ClN3NaO6S. The van der Waals surface area contributed by atoms with Crippen LogP contribution in [0.3, 0.4) is 0 Å². The number of nitrogens with zero attached hydrogens (tertiary/aromatic N) is 2. The minimum atomic E-state index is -3.68. The molecule has 3 aromatic rings. The Morgan fingerprint density at radius 3 is 2.38 bits per heavy atom. The Balaban J connectivity index is 0.00000408. The van der Waals surface area contributed by atoms with Crippen molar-refractivity contribution in [2.75, 3.05) is 28.2 Å². The van der Waals surface area contributed by atoms with Crippen LogP contribution in [-0.4, -0.2) is 81.5 Å². The van der Waals surface area contributed by atoms with Crippen LogP contribution in [0.2, 0.25) is 5.02 Å². The van der Waals surface area contributed by atoms with E-state index in [1.807, 2.05) is 0 Å². The second-order valence-electron chi connectivity index (χ2n) is 7.81. The Morgan fingerprint density at radius 1 is 1.15 bits per heavy atom. The monoisotopic (exact) mass is 516 g/mol. The zero-order valence-corrected chi connectivity index (χ0v) is 23.3. The molecule has 1 radical (unpaired) electrons. The Hall–Kier alpha value is -1.92. The summed E-state index contributed by atoms with van der Waals surface area (Å²) >= 11 is 6.30. The first kappa shape index (κ1) is 28.3. The van der Waals surface area contributed by atoms with Gasteiger partial charge in [0.15, 0.2) is 5.75 Å². The topological polar surface area (TPSA) is 123 Å². The molecule has 0 saturated heterocycles. The Morgan fingerprint density at radius 2 is 1.79 bits per heavy atom. The van der Waals surface area contributed by atoms with Gasteiger partial charge in [-0.05, 0) is 36.2 Å². The first-order chi connectivity index (χ1) is 15.3. The van der Waals surface area contributed by atoms with E-state index in [1.54, 1.807) is 19.1 Å². The number of hydrogen-bond acceptors (Lipinski definition) is 7. The number of aryl methyl sites for hydroxylation is 1. The van der Waals surface area contributed by atoms with Crippen molar-refractivity contribution in [1.29, 1.82) is 0 Å². The molecule has 12 heteroatoms. The summed E-state index contributed by atoms with van der Waals surface area (Å²) in [4.78, 5) is 26.0. The molecule has 0 aliphatic heterocycles. The number of nitrogens with two attached hydrogens (primary N) is 1. The second-order valence-corrected chi connectivity index (χ2v) is 10.4. The maximum Gasteiger partial charge on any atom is 0.414 e. The molecule has 1 amide bonds. The van der Waals surface area contributed by atoms with Gasteiger partial charge in [-0.3, -0.25) is 0 Å². The Labute approximate surface area is 224 Å². The fourth-order valence-electron chi connectivity index (χ4n) is 3.23. The number of halogens is 1. The molecule has 1 aromatic heterocycles. The van der Waals surface area contributed by atoms with Gasteiger partial charge >= 0.3 is 11.7 Å². The van der Waals surface area contributed by atoms with Gasteiger partial charge in [-0.15, -0.1) is 0 Å². The Kier molecular flexibility index (Phi) is 8.98. The van der Waals surface area contributed by atoms with Gasteiger partial charge in [-0.25, -0.2) is 22.3 Å². The predicted octanol–water partition coefficient (Wildman–Crippen LogP) is 2.73. The minimum Gasteiger partial charge on any atom is -0.422 e. The van der Waals surface area contributed by atoms with Crippen molar-refractivity contribution < 1.29 is 22.4 Å². The van der Waals surface area contributed by atoms with E-state index in [1.165, 1.54) is 57.4 Å². The summed E-state index contributed by atoms with van der Waals surface area (Å²) in [5.74, 6) is 0.0454. The summed E-state index contributed by atoms with van der Waals surface area (Å²) in [6, 6.07) is 8.03. The maximum absolute atomic E-state index is 12.9. The van der Waals surface area contributed by atoms with Gasteiger partial charge in [0.1, 0.15) is 5.58 Å². The number of ether oxygens (including phenoxy) is 1. The smallest absolute Gasteiger partial charge is 0.414 e. The number of fused-ring (bicyclic) bond motifs is 1. The van der Waals surface area contributed by atoms with Crippen molar-refractivity contribution in [3.8, 4) is 5.75 Å². The maximum atomic E-state index is 12.9. The molecule has 9 nitrogen and oxygen atoms in total. The predicted molar refractivity (Wildman–Crippen MR) is 131 cm³/mol. The van der Waals surface area contributed by atoms with Crippen LogP contribution in [0.25, 0.3) is 11.0 Å². The van der Waals surface area contributed by atoms with Gasteiger partial charge in [0, 0.05) is 69.2 Å². The van der Waals surface area contributed by atoms with Crippen LogP contribution in [0, 0.1) is 6.92 Å². The van der Waals surface area contributed by atoms with Crippen LogP contribution in [0.15, 0.2) is 50.5 Å². The van der Waals surface area contributed by atoms with Crippen molar-refractivity contribution in [1.82, 2.24) is 9.21 Å². The zero-order valence-electron chi connectivity index (χ0n) is 19.7. The third-order valence-corrected chi connectivity index (χ3v) is 7.24. The molecule has 1 unspecified atom stereocenters. The quantitative estimate of drug-likeness (QED) is 0.408. The van der Waals surface area contributed by atoms with Crippen molar-refractivity contribution in [3.05, 3.63) is 68.5 Å². The molecule has 0 bridgehead atoms. The van der Waals surface area contributed by atoms with E-state index in [-0.39, 0.29) is 56.4 Å². The molecule has 2 aromatic carbocycles. The van der Waals surface area contributed by atoms with Crippen molar-refractivity contribution in [2.45, 2.75) is 17.9 Å². The van der Waals surface area contributed by atoms with E-state index in [9.17, 15) is 18.0 Å². The molecule has 1 atom stereocenters. The average Bonchev–Trinajstić information content (AvgIpc) is 2.74. The number of carbonyl (C=O) groups excluding carboxylic acids is 1. The number of amides is 1. The first-order valence-corrected chi connectivity index (χ1v) is 11.6. The summed E-state index contributed by atoms with van der Waals surface area (Å²) in [7, 11) is 2.22. The molecule has 3 rings (SSSR count). The van der Waals surface area contributed by atoms with Crippen LogP contribution in [-0.2, 0) is 10.0 Å². The van der Waals surface area contributed by atoms with Crippen molar-refractivity contribution in [2.24, 2.45) is 5.73 Å². The van der Waals surface area contributed by atoms with E-state index in [0.717, 1.165) is 4.31 Å². The molecule has 34 heavy (non-hydrogen) atoms. The fraction of sp³-hybridized carbons (Fsp3) is 0.273. The van der Waals surface area contributed by atoms with Gasteiger partial charge in [-0.1, -0.05) is 23.7 Å². The fourth-order valence-corrected chi connectivity index (χ4v) is 4.39. The molecule has 177 valence electrons. The van der Waals surface area contributed by atoms with Gasteiger partial charge < -0.3 is 19.8 Å². The van der Waals surface area contributed by atoms with Gasteiger partial charge in [0.25, 0.3) is 0 Å². The van der Waals surface area contributed by atoms with Gasteiger partial charge in [-0.2, -0.15) is 0 Å². The third kappa shape index (κ3) is 5.49. The molecule has 2 N–H and O–H groups in total. The summed E-state index contributed by atoms with van der Waals surface area (Å²) in [6.07, 6.45) is -0.637. The van der Waals surface area contributed by atoms with E-state index >= 15 is 0 Å². The summed E-state index contributed by atoms with van der Waals surface area (Å²) in [5.41, 5.74) is 6.97. The van der Waals surface area contributed by atoms with Crippen LogP contribution in [0.5, 0.6) is 5.75 Å². The summed E-state index contributed by atoms with van der Waals surface area (Å²) in [6.45, 7) is 1.69. The van der Waals surface area contributed by atoms with Gasteiger partial charge in [0.05, 0.1) is 21.5 Å². The second kappa shape index (κ2) is 10.8. The molecule has 0 saturated carbocycles. The van der Waals surface area contributed by atoms with E-state index in [0.29, 0.717) is 16.5 Å². The number of carbonyl (C=O) groups is 1. The minimum absolute atomic E-state index is 0. The van der Waals surface area contributed by atoms with Crippen molar-refractivity contribution in [3.63, 3.8) is 0 Å². The zero-order chi connectivity index (χ0) is 24.7. The van der Waals surface area contributed by atoms with Crippen LogP contribution < -0.4 is 16.1 Å². The standard InChI is InChI=1S/C22H24ClN3O6S.Na/c1-12-15-10-16(23)18(32-22(28)25(2)3)11-17(15)31-21(27)19(12)20(24)13-7-6-8-14(9-13)33(29,30)26(4)5;/h6-11,20H,24H2,1-5H3;. The average molecular weight is 517 g/mol. The number of sulfonamides is 1. The van der Waals surface area contributed by atoms with Crippen molar-refractivity contribution >= 4 is 68.2 Å². The van der Waals surface area contributed by atoms with E-state index in [4.69, 9.17) is 26.5 Å². The molecule has 0 fully saturated rings.